The van der Waals surface area contributed by atoms with E-state index in [2.05, 4.69) is 21.3 Å². The number of nitrogens with one attached hydrogen (secondary N) is 1. The van der Waals surface area contributed by atoms with E-state index in [0.717, 1.165) is 50.2 Å². The van der Waals surface area contributed by atoms with Gasteiger partial charge in [-0.05, 0) is 44.4 Å². The second-order valence-corrected chi connectivity index (χ2v) is 7.24. The van der Waals surface area contributed by atoms with E-state index in [-0.39, 0.29) is 5.57 Å². The summed E-state index contributed by atoms with van der Waals surface area (Å²) < 4.78 is 39.5. The Morgan fingerprint density at radius 1 is 1.30 bits per heavy atom. The molecule has 2 aromatic rings. The zero-order chi connectivity index (χ0) is 19.4. The summed E-state index contributed by atoms with van der Waals surface area (Å²) in [5.41, 5.74) is 1.42. The number of allylic oxidation sites excluding steroid dienone is 1. The monoisotopic (exact) mass is 392 g/mol. The number of thiazole rings is 1. The van der Waals surface area contributed by atoms with Gasteiger partial charge in [-0.25, -0.2) is 4.98 Å². The highest BCUT2D eigenvalue weighted by atomic mass is 32.1. The summed E-state index contributed by atoms with van der Waals surface area (Å²) in [6.07, 6.45) is 0.157. The van der Waals surface area contributed by atoms with Crippen molar-refractivity contribution in [1.82, 2.24) is 4.98 Å². The molecule has 0 saturated carbocycles. The molecule has 0 spiro atoms. The van der Waals surface area contributed by atoms with E-state index < -0.39 is 11.7 Å². The first-order chi connectivity index (χ1) is 12.9. The van der Waals surface area contributed by atoms with Crippen molar-refractivity contribution in [3.05, 3.63) is 46.0 Å². The van der Waals surface area contributed by atoms with Crippen molar-refractivity contribution >= 4 is 28.3 Å². The van der Waals surface area contributed by atoms with E-state index in [1.165, 1.54) is 23.6 Å². The molecule has 8 heteroatoms. The van der Waals surface area contributed by atoms with Gasteiger partial charge in [0.1, 0.15) is 16.6 Å². The average Bonchev–Trinajstić information content (AvgIpc) is 3.08. The van der Waals surface area contributed by atoms with Crippen LogP contribution in [-0.4, -0.2) is 18.1 Å². The first-order valence-electron chi connectivity index (χ1n) is 8.64. The van der Waals surface area contributed by atoms with Crippen molar-refractivity contribution in [2.75, 3.05) is 23.3 Å². The molecule has 1 aromatic carbocycles. The molecule has 1 saturated heterocycles. The smallest absolute Gasteiger partial charge is 0.370 e. The van der Waals surface area contributed by atoms with Crippen molar-refractivity contribution in [3.63, 3.8) is 0 Å². The van der Waals surface area contributed by atoms with Gasteiger partial charge in [0, 0.05) is 30.4 Å². The Morgan fingerprint density at radius 3 is 2.63 bits per heavy atom. The standard InChI is InChI=1S/C19H19F3N4S/c1-13-12-27-18(25-13)14(10-23)11-24-16-9-15(19(20,21)22)5-6-17(16)26-7-3-2-4-8-26/h5-6,9,11-12,24H,2-4,7-8H2,1H3/b14-11+. The summed E-state index contributed by atoms with van der Waals surface area (Å²) in [4.78, 5) is 6.34. The molecule has 3 rings (SSSR count). The average molecular weight is 392 g/mol. The fraction of sp³-hybridized carbons (Fsp3) is 0.368. The largest absolute Gasteiger partial charge is 0.416 e. The van der Waals surface area contributed by atoms with Crippen molar-refractivity contribution in [2.45, 2.75) is 32.4 Å². The van der Waals surface area contributed by atoms with Gasteiger partial charge in [0.25, 0.3) is 0 Å². The van der Waals surface area contributed by atoms with Crippen LogP contribution in [0.1, 0.15) is 35.5 Å². The third-order valence-electron chi connectivity index (χ3n) is 4.36. The molecule has 1 fully saturated rings. The highest BCUT2D eigenvalue weighted by Crippen LogP contribution is 2.36. The number of anilines is 2. The number of hydrogen-bond acceptors (Lipinski definition) is 5. The number of aromatic nitrogens is 1. The van der Waals surface area contributed by atoms with Gasteiger partial charge < -0.3 is 10.2 Å². The topological polar surface area (TPSA) is 52.0 Å². The molecule has 2 heterocycles. The van der Waals surface area contributed by atoms with Crippen LogP contribution in [0.25, 0.3) is 5.57 Å². The van der Waals surface area contributed by atoms with Crippen molar-refractivity contribution in [2.24, 2.45) is 0 Å². The Bertz CT molecular complexity index is 874. The third-order valence-corrected chi connectivity index (χ3v) is 5.36. The Morgan fingerprint density at radius 2 is 2.04 bits per heavy atom. The zero-order valence-electron chi connectivity index (χ0n) is 14.8. The lowest BCUT2D eigenvalue weighted by molar-refractivity contribution is -0.137. The van der Waals surface area contributed by atoms with Crippen LogP contribution in [0, 0.1) is 18.3 Å². The second-order valence-electron chi connectivity index (χ2n) is 6.39. The van der Waals surface area contributed by atoms with Crippen LogP contribution in [0.15, 0.2) is 29.8 Å². The van der Waals surface area contributed by atoms with E-state index in [4.69, 9.17) is 0 Å². The second kappa shape index (κ2) is 8.01. The Hall–Kier alpha value is -2.53. The normalized spacial score (nSPS) is 15.5. The maximum Gasteiger partial charge on any atom is 0.416 e. The molecule has 27 heavy (non-hydrogen) atoms. The molecule has 0 atom stereocenters. The Kier molecular flexibility index (Phi) is 5.71. The lowest BCUT2D eigenvalue weighted by atomic mass is 10.1. The molecular formula is C19H19F3N4S. The van der Waals surface area contributed by atoms with Gasteiger partial charge in [0.15, 0.2) is 0 Å². The molecule has 1 aromatic heterocycles. The fourth-order valence-electron chi connectivity index (χ4n) is 3.01. The summed E-state index contributed by atoms with van der Waals surface area (Å²) >= 11 is 1.32. The minimum Gasteiger partial charge on any atom is -0.370 e. The van der Waals surface area contributed by atoms with E-state index in [9.17, 15) is 18.4 Å². The number of piperidine rings is 1. The molecule has 4 nitrogen and oxygen atoms in total. The van der Waals surface area contributed by atoms with Crippen LogP contribution < -0.4 is 10.2 Å². The minimum atomic E-state index is -4.43. The van der Waals surface area contributed by atoms with Crippen molar-refractivity contribution in [1.29, 1.82) is 5.26 Å². The summed E-state index contributed by atoms with van der Waals surface area (Å²) in [6, 6.07) is 5.77. The zero-order valence-corrected chi connectivity index (χ0v) is 15.6. The molecule has 142 valence electrons. The van der Waals surface area contributed by atoms with E-state index in [1.807, 2.05) is 12.3 Å². The van der Waals surface area contributed by atoms with Gasteiger partial charge in [-0.15, -0.1) is 11.3 Å². The van der Waals surface area contributed by atoms with Gasteiger partial charge >= 0.3 is 6.18 Å². The van der Waals surface area contributed by atoms with E-state index in [1.54, 1.807) is 0 Å². The fourth-order valence-corrected chi connectivity index (χ4v) is 3.77. The number of alkyl halides is 3. The predicted octanol–water partition coefficient (Wildman–Crippen LogP) is 5.44. The molecule has 0 unspecified atom stereocenters. The summed E-state index contributed by atoms with van der Waals surface area (Å²) in [6.45, 7) is 3.44. The quantitative estimate of drug-likeness (QED) is 0.704. The first-order valence-corrected chi connectivity index (χ1v) is 9.52. The molecule has 1 N–H and O–H groups in total. The van der Waals surface area contributed by atoms with Gasteiger partial charge in [0.05, 0.1) is 16.9 Å². The van der Waals surface area contributed by atoms with Gasteiger partial charge in [0.2, 0.25) is 0 Å². The molecule has 0 aliphatic carbocycles. The number of benzene rings is 1. The molecule has 0 bridgehead atoms. The Balaban J connectivity index is 1.95. The van der Waals surface area contributed by atoms with Gasteiger partial charge in [-0.1, -0.05) is 0 Å². The lowest BCUT2D eigenvalue weighted by Gasteiger charge is -2.31. The number of halogens is 3. The Labute approximate surface area is 160 Å². The minimum absolute atomic E-state index is 0.287. The summed E-state index contributed by atoms with van der Waals surface area (Å²) in [7, 11) is 0. The molecule has 0 radical (unpaired) electrons. The van der Waals surface area contributed by atoms with Crippen LogP contribution >= 0.6 is 11.3 Å². The highest BCUT2D eigenvalue weighted by molar-refractivity contribution is 7.10. The molecule has 1 aliphatic rings. The third kappa shape index (κ3) is 4.61. The number of hydrogen-bond donors (Lipinski definition) is 1. The molecule has 0 amide bonds. The number of aryl methyl sites for hydroxylation is 1. The molecule has 1 aliphatic heterocycles. The van der Waals surface area contributed by atoms with E-state index in [0.29, 0.717) is 16.4 Å². The van der Waals surface area contributed by atoms with Crippen LogP contribution in [0.3, 0.4) is 0 Å². The maximum atomic E-state index is 13.2. The highest BCUT2D eigenvalue weighted by Gasteiger charge is 2.31. The van der Waals surface area contributed by atoms with Crippen molar-refractivity contribution in [3.8, 4) is 6.07 Å². The van der Waals surface area contributed by atoms with Crippen LogP contribution in [0.2, 0.25) is 0 Å². The van der Waals surface area contributed by atoms with E-state index >= 15 is 0 Å². The predicted molar refractivity (Wildman–Crippen MR) is 102 cm³/mol. The number of rotatable bonds is 4. The molecular weight excluding hydrogens is 373 g/mol. The summed E-state index contributed by atoms with van der Waals surface area (Å²) in [5, 5.41) is 14.7. The van der Waals surface area contributed by atoms with Gasteiger partial charge in [-0.2, -0.15) is 18.4 Å². The number of nitriles is 1. The first kappa shape index (κ1) is 19.2. The number of nitrogens with zero attached hydrogens (tertiary/aromatic N) is 3. The van der Waals surface area contributed by atoms with Crippen molar-refractivity contribution < 1.29 is 13.2 Å². The van der Waals surface area contributed by atoms with Crippen LogP contribution in [0.4, 0.5) is 24.5 Å². The summed E-state index contributed by atoms with van der Waals surface area (Å²) in [5.74, 6) is 0. The maximum absolute atomic E-state index is 13.2. The van der Waals surface area contributed by atoms with Crippen LogP contribution in [-0.2, 0) is 6.18 Å². The SMILES string of the molecule is Cc1csc(/C(C#N)=C/Nc2cc(C(F)(F)F)ccc2N2CCCCC2)n1. The van der Waals surface area contributed by atoms with Gasteiger partial charge in [-0.3, -0.25) is 0 Å². The van der Waals surface area contributed by atoms with Crippen LogP contribution in [0.5, 0.6) is 0 Å². The lowest BCUT2D eigenvalue weighted by Crippen LogP contribution is -2.30.